The lowest BCUT2D eigenvalue weighted by atomic mass is 10.1. The first-order chi connectivity index (χ1) is 13.6. The summed E-state index contributed by atoms with van der Waals surface area (Å²) >= 11 is 0. The molecule has 0 saturated carbocycles. The maximum Gasteiger partial charge on any atom is 0.320 e. The minimum absolute atomic E-state index is 0.0215. The van der Waals surface area contributed by atoms with Crippen LogP contribution in [-0.4, -0.2) is 71.8 Å². The van der Waals surface area contributed by atoms with Crippen molar-refractivity contribution >= 4 is 17.8 Å². The first-order valence-electron chi connectivity index (χ1n) is 9.91. The number of urea groups is 1. The van der Waals surface area contributed by atoms with Crippen molar-refractivity contribution in [2.75, 3.05) is 39.3 Å². The fourth-order valence-electron chi connectivity index (χ4n) is 3.60. The summed E-state index contributed by atoms with van der Waals surface area (Å²) in [7, 11) is 0. The van der Waals surface area contributed by atoms with Crippen molar-refractivity contribution in [3.8, 4) is 0 Å². The van der Waals surface area contributed by atoms with E-state index in [-0.39, 0.29) is 17.8 Å². The van der Waals surface area contributed by atoms with Gasteiger partial charge in [-0.1, -0.05) is 18.7 Å². The van der Waals surface area contributed by atoms with E-state index in [1.807, 2.05) is 21.9 Å². The van der Waals surface area contributed by atoms with Gasteiger partial charge in [0.05, 0.1) is 0 Å². The van der Waals surface area contributed by atoms with Crippen LogP contribution in [0.1, 0.15) is 35.2 Å². The fourth-order valence-corrected chi connectivity index (χ4v) is 3.60. The molecule has 0 atom stereocenters. The lowest BCUT2D eigenvalue weighted by Gasteiger charge is -2.38. The number of hydrogen-bond acceptors (Lipinski definition) is 3. The predicted octanol–water partition coefficient (Wildman–Crippen LogP) is 1.85. The Morgan fingerprint density at radius 1 is 0.857 bits per heavy atom. The Kier molecular flexibility index (Phi) is 6.68. The van der Waals surface area contributed by atoms with E-state index in [4.69, 9.17) is 0 Å². The molecule has 7 heteroatoms. The van der Waals surface area contributed by atoms with Crippen LogP contribution >= 0.6 is 0 Å². The average Bonchev–Trinajstić information content (AvgIpc) is 2.77. The van der Waals surface area contributed by atoms with Crippen molar-refractivity contribution in [1.29, 1.82) is 0 Å². The van der Waals surface area contributed by atoms with E-state index in [9.17, 15) is 14.4 Å². The summed E-state index contributed by atoms with van der Waals surface area (Å²) in [4.78, 5) is 42.1. The van der Waals surface area contributed by atoms with Gasteiger partial charge in [-0.3, -0.25) is 9.59 Å². The van der Waals surface area contributed by atoms with Gasteiger partial charge in [-0.2, -0.15) is 0 Å². The number of nitrogens with one attached hydrogen (secondary N) is 1. The van der Waals surface area contributed by atoms with Crippen molar-refractivity contribution in [2.24, 2.45) is 0 Å². The van der Waals surface area contributed by atoms with Gasteiger partial charge in [0, 0.05) is 51.4 Å². The van der Waals surface area contributed by atoms with Gasteiger partial charge in [0.15, 0.2) is 0 Å². The molecule has 0 unspecified atom stereocenters. The highest BCUT2D eigenvalue weighted by atomic mass is 16.2. The number of amides is 4. The highest BCUT2D eigenvalue weighted by molar-refractivity contribution is 5.94. The summed E-state index contributed by atoms with van der Waals surface area (Å²) in [5.74, 6) is -0.246. The molecule has 2 saturated heterocycles. The monoisotopic (exact) mass is 384 g/mol. The van der Waals surface area contributed by atoms with Crippen LogP contribution in [0.2, 0.25) is 0 Å². The molecule has 2 fully saturated rings. The summed E-state index contributed by atoms with van der Waals surface area (Å²) in [6.45, 7) is 7.76. The zero-order valence-corrected chi connectivity index (χ0v) is 16.2. The van der Waals surface area contributed by atoms with Crippen LogP contribution < -0.4 is 5.32 Å². The van der Waals surface area contributed by atoms with E-state index in [2.05, 4.69) is 11.9 Å². The molecule has 0 aliphatic carbocycles. The normalized spacial score (nSPS) is 17.2. The van der Waals surface area contributed by atoms with Crippen LogP contribution in [0.3, 0.4) is 0 Å². The minimum atomic E-state index is -0.225. The molecule has 1 aromatic carbocycles. The van der Waals surface area contributed by atoms with Gasteiger partial charge in [0.1, 0.15) is 0 Å². The van der Waals surface area contributed by atoms with Gasteiger partial charge in [-0.25, -0.2) is 4.79 Å². The Bertz CT molecular complexity index is 718. The number of carbonyl (C=O) groups is 3. The van der Waals surface area contributed by atoms with Crippen molar-refractivity contribution in [3.05, 3.63) is 48.0 Å². The molecule has 4 amide bonds. The van der Waals surface area contributed by atoms with Crippen LogP contribution in [0.15, 0.2) is 36.9 Å². The number of likely N-dealkylation sites (tertiary alicyclic amines) is 1. The Balaban J connectivity index is 1.49. The maximum absolute atomic E-state index is 12.7. The molecule has 1 aromatic rings. The van der Waals surface area contributed by atoms with E-state index in [0.717, 1.165) is 31.5 Å². The molecule has 2 aliphatic rings. The number of nitrogens with zero attached hydrogens (tertiary/aromatic N) is 3. The SMILES string of the molecule is C=CC(=O)NCc1ccc(C(=O)N2CCN(C(=O)N3CCCCC3)CC2)cc1. The topological polar surface area (TPSA) is 73.0 Å². The van der Waals surface area contributed by atoms with Crippen LogP contribution in [-0.2, 0) is 11.3 Å². The molecular weight excluding hydrogens is 356 g/mol. The predicted molar refractivity (Wildman–Crippen MR) is 107 cm³/mol. The molecule has 1 N–H and O–H groups in total. The fraction of sp³-hybridized carbons (Fsp3) is 0.476. The van der Waals surface area contributed by atoms with Gasteiger partial charge < -0.3 is 20.0 Å². The summed E-state index contributed by atoms with van der Waals surface area (Å²) < 4.78 is 0. The zero-order chi connectivity index (χ0) is 19.9. The summed E-state index contributed by atoms with van der Waals surface area (Å²) in [5, 5.41) is 2.71. The molecule has 150 valence electrons. The first kappa shape index (κ1) is 19.9. The average molecular weight is 384 g/mol. The summed E-state index contributed by atoms with van der Waals surface area (Å²) in [6.07, 6.45) is 4.59. The Hall–Kier alpha value is -2.83. The van der Waals surface area contributed by atoms with Gasteiger partial charge in [0.25, 0.3) is 5.91 Å². The molecule has 0 spiro atoms. The summed E-state index contributed by atoms with van der Waals surface area (Å²) in [6, 6.07) is 7.35. The zero-order valence-electron chi connectivity index (χ0n) is 16.2. The molecule has 3 rings (SSSR count). The molecule has 28 heavy (non-hydrogen) atoms. The van der Waals surface area contributed by atoms with E-state index in [0.29, 0.717) is 38.3 Å². The number of rotatable bonds is 4. The number of benzene rings is 1. The quantitative estimate of drug-likeness (QED) is 0.806. The molecule has 2 aliphatic heterocycles. The highest BCUT2D eigenvalue weighted by Gasteiger charge is 2.28. The molecular formula is C21H28N4O3. The van der Waals surface area contributed by atoms with E-state index in [1.54, 1.807) is 17.0 Å². The van der Waals surface area contributed by atoms with E-state index < -0.39 is 0 Å². The maximum atomic E-state index is 12.7. The number of piperazine rings is 1. The Morgan fingerprint density at radius 2 is 1.43 bits per heavy atom. The second-order valence-electron chi connectivity index (χ2n) is 7.23. The highest BCUT2D eigenvalue weighted by Crippen LogP contribution is 2.15. The lowest BCUT2D eigenvalue weighted by Crippen LogP contribution is -2.54. The van der Waals surface area contributed by atoms with Crippen molar-refractivity contribution in [3.63, 3.8) is 0 Å². The third-order valence-corrected chi connectivity index (χ3v) is 5.32. The van der Waals surface area contributed by atoms with Crippen molar-refractivity contribution in [1.82, 2.24) is 20.0 Å². The number of piperidine rings is 1. The summed E-state index contributed by atoms with van der Waals surface area (Å²) in [5.41, 5.74) is 1.54. The van der Waals surface area contributed by atoms with Gasteiger partial charge in [0.2, 0.25) is 5.91 Å². The number of hydrogen-bond donors (Lipinski definition) is 1. The van der Waals surface area contributed by atoms with E-state index in [1.165, 1.54) is 12.5 Å². The molecule has 7 nitrogen and oxygen atoms in total. The second kappa shape index (κ2) is 9.39. The van der Waals surface area contributed by atoms with Gasteiger partial charge >= 0.3 is 6.03 Å². The number of carbonyl (C=O) groups excluding carboxylic acids is 3. The van der Waals surface area contributed by atoms with E-state index >= 15 is 0 Å². The van der Waals surface area contributed by atoms with Gasteiger partial charge in [-0.05, 0) is 43.0 Å². The van der Waals surface area contributed by atoms with Crippen molar-refractivity contribution in [2.45, 2.75) is 25.8 Å². The third kappa shape index (κ3) is 4.91. The molecule has 2 heterocycles. The van der Waals surface area contributed by atoms with Crippen molar-refractivity contribution < 1.29 is 14.4 Å². The first-order valence-corrected chi connectivity index (χ1v) is 9.91. The Labute approximate surface area is 166 Å². The Morgan fingerprint density at radius 3 is 2.04 bits per heavy atom. The van der Waals surface area contributed by atoms with Gasteiger partial charge in [-0.15, -0.1) is 0 Å². The van der Waals surface area contributed by atoms with Crippen LogP contribution in [0, 0.1) is 0 Å². The minimum Gasteiger partial charge on any atom is -0.348 e. The largest absolute Gasteiger partial charge is 0.348 e. The standard InChI is InChI=1S/C21H28N4O3/c1-2-19(26)22-16-17-6-8-18(9-7-17)20(27)23-12-14-25(15-13-23)21(28)24-10-4-3-5-11-24/h2,6-9H,1,3-5,10-16H2,(H,22,26). The molecule has 0 aromatic heterocycles. The lowest BCUT2D eigenvalue weighted by molar-refractivity contribution is -0.116. The molecule has 0 radical (unpaired) electrons. The van der Waals surface area contributed by atoms with Crippen LogP contribution in [0.4, 0.5) is 4.79 Å². The molecule has 0 bridgehead atoms. The van der Waals surface area contributed by atoms with Crippen LogP contribution in [0.25, 0.3) is 0 Å². The van der Waals surface area contributed by atoms with Crippen LogP contribution in [0.5, 0.6) is 0 Å². The third-order valence-electron chi connectivity index (χ3n) is 5.32. The second-order valence-corrected chi connectivity index (χ2v) is 7.23. The smallest absolute Gasteiger partial charge is 0.320 e.